The van der Waals surface area contributed by atoms with E-state index in [-0.39, 0.29) is 5.56 Å². The molecule has 0 bridgehead atoms. The molecule has 0 amide bonds. The molecule has 0 spiro atoms. The summed E-state index contributed by atoms with van der Waals surface area (Å²) in [4.78, 5) is 11.3. The molecule has 1 heterocycles. The topological polar surface area (TPSA) is 22.0 Å². The smallest absolute Gasteiger partial charge is 0.250 e. The molecule has 0 radical (unpaired) electrons. The molecule has 2 nitrogen and oxygen atoms in total. The van der Waals surface area contributed by atoms with Gasteiger partial charge in [0, 0.05) is 18.8 Å². The van der Waals surface area contributed by atoms with Crippen LogP contribution in [-0.4, -0.2) is 4.57 Å². The van der Waals surface area contributed by atoms with E-state index in [4.69, 9.17) is 0 Å². The lowest BCUT2D eigenvalue weighted by Gasteiger charge is -2.03. The molecule has 0 saturated carbocycles. The van der Waals surface area contributed by atoms with Crippen LogP contribution in [0, 0.1) is 0 Å². The second kappa shape index (κ2) is 6.41. The van der Waals surface area contributed by atoms with Crippen molar-refractivity contribution in [3.63, 3.8) is 0 Å². The van der Waals surface area contributed by atoms with Gasteiger partial charge in [0.2, 0.25) is 5.56 Å². The number of hydrogen-bond donors (Lipinski definition) is 0. The van der Waals surface area contributed by atoms with Gasteiger partial charge in [-0.15, -0.1) is 0 Å². The molecule has 1 rings (SSSR count). The summed E-state index contributed by atoms with van der Waals surface area (Å²) in [5, 5.41) is 0. The number of nitrogens with zero attached hydrogens (tertiary/aromatic N) is 1. The maximum absolute atomic E-state index is 11.3. The zero-order chi connectivity index (χ0) is 10.2. The zero-order valence-electron chi connectivity index (χ0n) is 8.91. The van der Waals surface area contributed by atoms with Crippen molar-refractivity contribution < 1.29 is 0 Å². The normalized spacial score (nSPS) is 10.4. The van der Waals surface area contributed by atoms with Crippen molar-refractivity contribution in [3.05, 3.63) is 34.7 Å². The third kappa shape index (κ3) is 3.77. The number of rotatable bonds is 6. The predicted octanol–water partition coefficient (Wildman–Crippen LogP) is 2.82. The fourth-order valence-electron chi connectivity index (χ4n) is 1.53. The van der Waals surface area contributed by atoms with E-state index in [2.05, 4.69) is 6.92 Å². The molecule has 0 fully saturated rings. The van der Waals surface area contributed by atoms with Gasteiger partial charge >= 0.3 is 0 Å². The number of aromatic nitrogens is 1. The van der Waals surface area contributed by atoms with Gasteiger partial charge in [-0.25, -0.2) is 0 Å². The molecule has 0 aliphatic carbocycles. The Hall–Kier alpha value is -1.05. The molecule has 0 aliphatic heterocycles. The standard InChI is InChI=1S/C12H19NO/c1-2-3-4-5-7-10-13-11-8-6-9-12(13)14/h6,8-9,11H,2-5,7,10H2,1H3. The Labute approximate surface area is 85.6 Å². The van der Waals surface area contributed by atoms with Crippen molar-refractivity contribution in [2.75, 3.05) is 0 Å². The van der Waals surface area contributed by atoms with Gasteiger partial charge in [-0.3, -0.25) is 4.79 Å². The van der Waals surface area contributed by atoms with Crippen molar-refractivity contribution >= 4 is 0 Å². The van der Waals surface area contributed by atoms with Gasteiger partial charge in [0.1, 0.15) is 0 Å². The molecular formula is C12H19NO. The largest absolute Gasteiger partial charge is 0.316 e. The highest BCUT2D eigenvalue weighted by Gasteiger charge is 1.93. The van der Waals surface area contributed by atoms with E-state index in [0.29, 0.717) is 0 Å². The minimum Gasteiger partial charge on any atom is -0.316 e. The second-order valence-electron chi connectivity index (χ2n) is 3.65. The molecule has 0 aromatic carbocycles. The van der Waals surface area contributed by atoms with E-state index in [9.17, 15) is 4.79 Å². The van der Waals surface area contributed by atoms with E-state index in [1.165, 1.54) is 25.7 Å². The summed E-state index contributed by atoms with van der Waals surface area (Å²) < 4.78 is 1.78. The summed E-state index contributed by atoms with van der Waals surface area (Å²) >= 11 is 0. The molecule has 0 N–H and O–H groups in total. The van der Waals surface area contributed by atoms with Crippen LogP contribution >= 0.6 is 0 Å². The number of pyridine rings is 1. The van der Waals surface area contributed by atoms with Crippen LogP contribution in [0.3, 0.4) is 0 Å². The summed E-state index contributed by atoms with van der Waals surface area (Å²) in [5.41, 5.74) is 0.114. The molecule has 0 aliphatic rings. The van der Waals surface area contributed by atoms with Gasteiger partial charge in [-0.1, -0.05) is 38.7 Å². The average molecular weight is 193 g/mol. The Balaban J connectivity index is 2.25. The monoisotopic (exact) mass is 193 g/mol. The van der Waals surface area contributed by atoms with Gasteiger partial charge in [-0.05, 0) is 12.5 Å². The molecule has 0 saturated heterocycles. The van der Waals surface area contributed by atoms with Crippen LogP contribution in [0.2, 0.25) is 0 Å². The van der Waals surface area contributed by atoms with Crippen molar-refractivity contribution in [1.29, 1.82) is 0 Å². The third-order valence-corrected chi connectivity index (χ3v) is 2.40. The number of unbranched alkanes of at least 4 members (excludes halogenated alkanes) is 4. The molecule has 78 valence electrons. The summed E-state index contributed by atoms with van der Waals surface area (Å²) in [5.74, 6) is 0. The molecule has 1 aromatic heterocycles. The van der Waals surface area contributed by atoms with E-state index in [0.717, 1.165) is 13.0 Å². The van der Waals surface area contributed by atoms with Gasteiger partial charge in [0.05, 0.1) is 0 Å². The van der Waals surface area contributed by atoms with Crippen LogP contribution < -0.4 is 5.56 Å². The number of aryl methyl sites for hydroxylation is 1. The molecule has 14 heavy (non-hydrogen) atoms. The Kier molecular flexibility index (Phi) is 5.05. The Morgan fingerprint density at radius 1 is 1.14 bits per heavy atom. The highest BCUT2D eigenvalue weighted by molar-refractivity contribution is 4.92. The van der Waals surface area contributed by atoms with Gasteiger partial charge in [0.25, 0.3) is 0 Å². The first kappa shape index (κ1) is 11.0. The highest BCUT2D eigenvalue weighted by Crippen LogP contribution is 2.03. The quantitative estimate of drug-likeness (QED) is 0.637. The Morgan fingerprint density at radius 3 is 2.64 bits per heavy atom. The summed E-state index contributed by atoms with van der Waals surface area (Å²) in [6.45, 7) is 3.07. The minimum atomic E-state index is 0.114. The zero-order valence-corrected chi connectivity index (χ0v) is 8.91. The van der Waals surface area contributed by atoms with Crippen LogP contribution in [0.1, 0.15) is 39.0 Å². The van der Waals surface area contributed by atoms with Gasteiger partial charge < -0.3 is 4.57 Å². The van der Waals surface area contributed by atoms with Crippen LogP contribution in [-0.2, 0) is 6.54 Å². The van der Waals surface area contributed by atoms with Crippen LogP contribution in [0.5, 0.6) is 0 Å². The van der Waals surface area contributed by atoms with Crippen molar-refractivity contribution in [3.8, 4) is 0 Å². The average Bonchev–Trinajstić information content (AvgIpc) is 2.20. The van der Waals surface area contributed by atoms with Crippen molar-refractivity contribution in [2.45, 2.75) is 45.6 Å². The lowest BCUT2D eigenvalue weighted by molar-refractivity contribution is 0.558. The molecule has 1 aromatic rings. The molecule has 0 unspecified atom stereocenters. The minimum absolute atomic E-state index is 0.114. The molecular weight excluding hydrogens is 174 g/mol. The van der Waals surface area contributed by atoms with Crippen molar-refractivity contribution in [1.82, 2.24) is 4.57 Å². The highest BCUT2D eigenvalue weighted by atomic mass is 16.1. The van der Waals surface area contributed by atoms with Gasteiger partial charge in [-0.2, -0.15) is 0 Å². The maximum atomic E-state index is 11.3. The summed E-state index contributed by atoms with van der Waals surface area (Å²) in [6.07, 6.45) is 8.08. The van der Waals surface area contributed by atoms with Crippen LogP contribution in [0.25, 0.3) is 0 Å². The summed E-state index contributed by atoms with van der Waals surface area (Å²) in [7, 11) is 0. The first-order valence-electron chi connectivity index (χ1n) is 5.50. The van der Waals surface area contributed by atoms with E-state index in [1.807, 2.05) is 12.3 Å². The van der Waals surface area contributed by atoms with E-state index >= 15 is 0 Å². The Bertz CT molecular complexity index is 303. The van der Waals surface area contributed by atoms with E-state index < -0.39 is 0 Å². The number of hydrogen-bond acceptors (Lipinski definition) is 1. The third-order valence-electron chi connectivity index (χ3n) is 2.40. The van der Waals surface area contributed by atoms with E-state index in [1.54, 1.807) is 16.7 Å². The lowest BCUT2D eigenvalue weighted by Crippen LogP contribution is -2.17. The lowest BCUT2D eigenvalue weighted by atomic mass is 10.1. The van der Waals surface area contributed by atoms with Gasteiger partial charge in [0.15, 0.2) is 0 Å². The van der Waals surface area contributed by atoms with Crippen molar-refractivity contribution in [2.24, 2.45) is 0 Å². The first-order valence-corrected chi connectivity index (χ1v) is 5.50. The fraction of sp³-hybridized carbons (Fsp3) is 0.583. The Morgan fingerprint density at radius 2 is 1.93 bits per heavy atom. The van der Waals surface area contributed by atoms with Crippen LogP contribution in [0.15, 0.2) is 29.2 Å². The maximum Gasteiger partial charge on any atom is 0.250 e. The second-order valence-corrected chi connectivity index (χ2v) is 3.65. The molecule has 0 atom stereocenters. The SMILES string of the molecule is CCCCCCCn1ccccc1=O. The fourth-order valence-corrected chi connectivity index (χ4v) is 1.53. The first-order chi connectivity index (χ1) is 6.84. The summed E-state index contributed by atoms with van der Waals surface area (Å²) in [6, 6.07) is 5.31. The molecule has 2 heteroatoms. The predicted molar refractivity (Wildman–Crippen MR) is 59.5 cm³/mol. The van der Waals surface area contributed by atoms with Crippen LogP contribution in [0.4, 0.5) is 0 Å².